The Bertz CT molecular complexity index is 593. The summed E-state index contributed by atoms with van der Waals surface area (Å²) in [5, 5.41) is 3.97. The number of nitrogen functional groups attached to an aromatic ring is 1. The molecule has 0 aliphatic rings. The maximum Gasteiger partial charge on any atom is 0.175 e. The van der Waals surface area contributed by atoms with Gasteiger partial charge in [-0.3, -0.25) is 0 Å². The quantitative estimate of drug-likeness (QED) is 0.897. The zero-order valence-electron chi connectivity index (χ0n) is 13.0. The molecule has 0 aliphatic heterocycles. The number of aromatic nitrogens is 1. The highest BCUT2D eigenvalue weighted by atomic mass is 16.5. The normalized spacial score (nSPS) is 13.4. The molecule has 0 bridgehead atoms. The van der Waals surface area contributed by atoms with E-state index >= 15 is 0 Å². The molecular formula is C17H24N2O. The summed E-state index contributed by atoms with van der Waals surface area (Å²) in [7, 11) is 0. The van der Waals surface area contributed by atoms with E-state index < -0.39 is 0 Å². The molecule has 1 heterocycles. The number of nitrogens with two attached hydrogens (primary N) is 1. The molecule has 0 spiro atoms. The van der Waals surface area contributed by atoms with Crippen molar-refractivity contribution >= 4 is 5.82 Å². The molecule has 0 saturated carbocycles. The van der Waals surface area contributed by atoms with E-state index in [1.54, 1.807) is 0 Å². The van der Waals surface area contributed by atoms with Crippen LogP contribution in [0.2, 0.25) is 0 Å². The molecule has 1 unspecified atom stereocenters. The lowest BCUT2D eigenvalue weighted by molar-refractivity contribution is 0.240. The number of nitrogens with zero attached hydrogens (tertiary/aromatic N) is 1. The van der Waals surface area contributed by atoms with Gasteiger partial charge in [0.05, 0.1) is 5.56 Å². The molecule has 0 fully saturated rings. The Balaban J connectivity index is 2.41. The first kappa shape index (κ1) is 14.6. The van der Waals surface area contributed by atoms with E-state index in [0.29, 0.717) is 11.7 Å². The van der Waals surface area contributed by atoms with Gasteiger partial charge in [0, 0.05) is 6.42 Å². The van der Waals surface area contributed by atoms with Crippen molar-refractivity contribution < 1.29 is 4.52 Å². The van der Waals surface area contributed by atoms with Crippen molar-refractivity contribution in [1.29, 1.82) is 0 Å². The minimum Gasteiger partial charge on any atom is -0.380 e. The molecule has 1 aromatic carbocycles. The van der Waals surface area contributed by atoms with Crippen LogP contribution in [0.1, 0.15) is 39.0 Å². The van der Waals surface area contributed by atoms with Gasteiger partial charge in [-0.2, -0.15) is 0 Å². The van der Waals surface area contributed by atoms with E-state index in [-0.39, 0.29) is 5.41 Å². The average Bonchev–Trinajstić information content (AvgIpc) is 2.70. The Morgan fingerprint density at radius 2 is 1.90 bits per heavy atom. The molecule has 0 radical (unpaired) electrons. The van der Waals surface area contributed by atoms with Gasteiger partial charge in [0.1, 0.15) is 5.76 Å². The summed E-state index contributed by atoms with van der Waals surface area (Å²) >= 11 is 0. The predicted molar refractivity (Wildman–Crippen MR) is 83.4 cm³/mol. The van der Waals surface area contributed by atoms with Crippen LogP contribution in [-0.4, -0.2) is 5.16 Å². The van der Waals surface area contributed by atoms with E-state index in [1.807, 2.05) is 12.1 Å². The summed E-state index contributed by atoms with van der Waals surface area (Å²) in [4.78, 5) is 0. The Hall–Kier alpha value is -1.77. The fourth-order valence-corrected chi connectivity index (χ4v) is 2.20. The second-order valence-corrected chi connectivity index (χ2v) is 6.65. The number of anilines is 1. The van der Waals surface area contributed by atoms with E-state index in [9.17, 15) is 0 Å². The number of benzene rings is 1. The molecule has 20 heavy (non-hydrogen) atoms. The van der Waals surface area contributed by atoms with Crippen molar-refractivity contribution in [3.63, 3.8) is 0 Å². The molecular weight excluding hydrogens is 248 g/mol. The summed E-state index contributed by atoms with van der Waals surface area (Å²) in [5.41, 5.74) is 9.51. The molecule has 108 valence electrons. The van der Waals surface area contributed by atoms with Crippen molar-refractivity contribution in [3.8, 4) is 11.1 Å². The second kappa shape index (κ2) is 5.31. The van der Waals surface area contributed by atoms with Crippen molar-refractivity contribution in [1.82, 2.24) is 5.16 Å². The Morgan fingerprint density at radius 3 is 2.50 bits per heavy atom. The first-order valence-electron chi connectivity index (χ1n) is 7.10. The highest BCUT2D eigenvalue weighted by molar-refractivity contribution is 5.77. The van der Waals surface area contributed by atoms with Gasteiger partial charge in [-0.25, -0.2) is 0 Å². The average molecular weight is 272 g/mol. The van der Waals surface area contributed by atoms with Crippen molar-refractivity contribution in [2.75, 3.05) is 5.73 Å². The molecule has 1 atom stereocenters. The fourth-order valence-electron chi connectivity index (χ4n) is 2.20. The summed E-state index contributed by atoms with van der Waals surface area (Å²) in [5.74, 6) is 1.85. The lowest BCUT2D eigenvalue weighted by Gasteiger charge is -2.26. The van der Waals surface area contributed by atoms with E-state index in [2.05, 4.69) is 51.9 Å². The van der Waals surface area contributed by atoms with Gasteiger partial charge in [-0.1, -0.05) is 57.1 Å². The van der Waals surface area contributed by atoms with Crippen LogP contribution in [-0.2, 0) is 6.42 Å². The highest BCUT2D eigenvalue weighted by Crippen LogP contribution is 2.36. The van der Waals surface area contributed by atoms with Crippen LogP contribution in [0.15, 0.2) is 28.8 Å². The van der Waals surface area contributed by atoms with E-state index in [0.717, 1.165) is 23.3 Å². The minimum absolute atomic E-state index is 0.227. The van der Waals surface area contributed by atoms with Crippen molar-refractivity contribution in [3.05, 3.63) is 35.6 Å². The molecule has 0 amide bonds. The van der Waals surface area contributed by atoms with Gasteiger partial charge >= 0.3 is 0 Å². The Labute approximate surface area is 121 Å². The maximum absolute atomic E-state index is 6.02. The fraction of sp³-hybridized carbons (Fsp3) is 0.471. The molecule has 2 aromatic rings. The molecule has 3 nitrogen and oxygen atoms in total. The minimum atomic E-state index is 0.227. The Kier molecular flexibility index (Phi) is 3.89. The zero-order valence-corrected chi connectivity index (χ0v) is 13.0. The summed E-state index contributed by atoms with van der Waals surface area (Å²) in [6.07, 6.45) is 0.845. The largest absolute Gasteiger partial charge is 0.380 e. The van der Waals surface area contributed by atoms with E-state index in [1.165, 1.54) is 5.56 Å². The first-order chi connectivity index (χ1) is 9.30. The summed E-state index contributed by atoms with van der Waals surface area (Å²) < 4.78 is 5.50. The standard InChI is InChI=1S/C17H24N2O/c1-11-8-6-7-9-13(11)15-14(20-19-16(15)18)10-12(2)17(3,4)5/h6-9,12H,10H2,1-5H3,(H2,18,19). The first-order valence-corrected chi connectivity index (χ1v) is 7.10. The number of hydrogen-bond acceptors (Lipinski definition) is 3. The molecule has 3 heteroatoms. The molecule has 0 aliphatic carbocycles. The van der Waals surface area contributed by atoms with Crippen LogP contribution in [0, 0.1) is 18.3 Å². The third-order valence-corrected chi connectivity index (χ3v) is 4.17. The summed E-state index contributed by atoms with van der Waals surface area (Å²) in [6, 6.07) is 8.20. The van der Waals surface area contributed by atoms with Gasteiger partial charge in [0.2, 0.25) is 0 Å². The van der Waals surface area contributed by atoms with Crippen LogP contribution in [0.5, 0.6) is 0 Å². The third-order valence-electron chi connectivity index (χ3n) is 4.17. The number of rotatable bonds is 3. The van der Waals surface area contributed by atoms with Gasteiger partial charge in [0.25, 0.3) is 0 Å². The van der Waals surface area contributed by atoms with Gasteiger partial charge in [-0.15, -0.1) is 0 Å². The highest BCUT2D eigenvalue weighted by Gasteiger charge is 2.25. The lowest BCUT2D eigenvalue weighted by atomic mass is 9.79. The lowest BCUT2D eigenvalue weighted by Crippen LogP contribution is -2.19. The summed E-state index contributed by atoms with van der Waals surface area (Å²) in [6.45, 7) is 11.0. The zero-order chi connectivity index (χ0) is 14.9. The van der Waals surface area contributed by atoms with Gasteiger partial charge in [-0.05, 0) is 29.4 Å². The third kappa shape index (κ3) is 2.87. The number of hydrogen-bond donors (Lipinski definition) is 1. The van der Waals surface area contributed by atoms with E-state index in [4.69, 9.17) is 10.3 Å². The van der Waals surface area contributed by atoms with Gasteiger partial charge < -0.3 is 10.3 Å². The predicted octanol–water partition coefficient (Wildman–Crippen LogP) is 4.46. The van der Waals surface area contributed by atoms with Crippen molar-refractivity contribution in [2.45, 2.75) is 41.0 Å². The van der Waals surface area contributed by atoms with Crippen LogP contribution in [0.3, 0.4) is 0 Å². The van der Waals surface area contributed by atoms with Crippen molar-refractivity contribution in [2.24, 2.45) is 11.3 Å². The number of aryl methyl sites for hydroxylation is 1. The molecule has 2 rings (SSSR count). The smallest absolute Gasteiger partial charge is 0.175 e. The monoisotopic (exact) mass is 272 g/mol. The Morgan fingerprint density at radius 1 is 1.25 bits per heavy atom. The van der Waals surface area contributed by atoms with Crippen LogP contribution >= 0.6 is 0 Å². The van der Waals surface area contributed by atoms with Crippen LogP contribution < -0.4 is 5.73 Å². The maximum atomic E-state index is 6.02. The van der Waals surface area contributed by atoms with Gasteiger partial charge in [0.15, 0.2) is 5.82 Å². The molecule has 0 saturated heterocycles. The SMILES string of the molecule is Cc1ccccc1-c1c(N)noc1CC(C)C(C)(C)C. The molecule has 2 N–H and O–H groups in total. The topological polar surface area (TPSA) is 52.0 Å². The van der Waals surface area contributed by atoms with Crippen LogP contribution in [0.25, 0.3) is 11.1 Å². The van der Waals surface area contributed by atoms with Crippen LogP contribution in [0.4, 0.5) is 5.82 Å². The molecule has 1 aromatic heterocycles. The second-order valence-electron chi connectivity index (χ2n) is 6.65.